The first-order chi connectivity index (χ1) is 60.6. The lowest BCUT2D eigenvalue weighted by atomic mass is 10.1. The van der Waals surface area contributed by atoms with Crippen molar-refractivity contribution in [1.82, 2.24) is 117 Å². The van der Waals surface area contributed by atoms with Gasteiger partial charge in [-0.25, -0.2) is 29.9 Å². The fraction of sp³-hybridized carbons (Fsp3) is 0.189. The molecule has 0 aliphatic carbocycles. The van der Waals surface area contributed by atoms with E-state index in [4.69, 9.17) is 18.9 Å². The van der Waals surface area contributed by atoms with Crippen LogP contribution in [0.2, 0.25) is 0 Å². The van der Waals surface area contributed by atoms with Crippen molar-refractivity contribution >= 4 is 28.9 Å². The van der Waals surface area contributed by atoms with Gasteiger partial charge >= 0.3 is 0 Å². The molecule has 0 radical (unpaired) electrons. The Kier molecular flexibility index (Phi) is 25.4. The number of fused-ring (bicyclic) bond motifs is 5. The van der Waals surface area contributed by atoms with E-state index in [1.54, 1.807) is 36.7 Å². The number of H-pyrrole nitrogens is 5. The van der Waals surface area contributed by atoms with Gasteiger partial charge in [-0.05, 0) is 63.9 Å². The van der Waals surface area contributed by atoms with Crippen LogP contribution >= 0.6 is 0 Å². The molecule has 2 aliphatic rings. The van der Waals surface area contributed by atoms with Crippen LogP contribution in [0.3, 0.4) is 0 Å². The van der Waals surface area contributed by atoms with Crippen LogP contribution in [0.4, 0.5) is 0 Å². The number of nitrogens with zero attached hydrogens (tertiary/aromatic N) is 19. The van der Waals surface area contributed by atoms with Crippen molar-refractivity contribution in [3.8, 4) is 68.6 Å². The smallest absolute Gasteiger partial charge is 0.274 e. The summed E-state index contributed by atoms with van der Waals surface area (Å²) in [5, 5.41) is 14.9. The maximum absolute atomic E-state index is 12.4. The van der Waals surface area contributed by atoms with Crippen LogP contribution in [0.1, 0.15) is 61.1 Å². The van der Waals surface area contributed by atoms with Gasteiger partial charge < -0.3 is 33.3 Å². The van der Waals surface area contributed by atoms with Crippen LogP contribution in [0, 0.1) is 0 Å². The third-order valence-electron chi connectivity index (χ3n) is 20.1. The van der Waals surface area contributed by atoms with E-state index >= 15 is 0 Å². The number of benzene rings is 6. The molecule has 0 amide bonds. The molecule has 5 N–H and O–H groups in total. The average Bonchev–Trinajstić information content (AvgIpc) is 1.67. The first-order valence-corrected chi connectivity index (χ1v) is 40.0. The third-order valence-corrected chi connectivity index (χ3v) is 20.1. The molecule has 14 heterocycles. The number of aromatic amines is 5. The Morgan fingerprint density at radius 1 is 0.355 bits per heavy atom. The predicted octanol–water partition coefficient (Wildman–Crippen LogP) is 10.3. The van der Waals surface area contributed by atoms with Gasteiger partial charge in [0.2, 0.25) is 5.88 Å². The van der Waals surface area contributed by atoms with E-state index in [1.165, 1.54) is 63.5 Å². The van der Waals surface area contributed by atoms with Gasteiger partial charge in [-0.15, -0.1) is 0 Å². The number of likely N-dealkylation sites (tertiary alicyclic amines) is 2. The molecule has 20 rings (SSSR count). The number of pyridine rings is 2. The summed E-state index contributed by atoms with van der Waals surface area (Å²) in [7, 11) is 2.12. The molecule has 2 aliphatic heterocycles. The SMILES string of the molecule is C=C(C)N1CCC(OCc2cc(=O)n3[nH]c(-c4ccccc4)nc3n2)CC1.CN1CCC(OCc2cc(=O)n3[nH]c(-c4ccccc4)nc3n2)CC1.O=c1cc(COc2ccccc2)nc2nc(-c3ccccc3)[nH]n12.O=c1cc(COc2ccccn2)nc2nc(-c3ccccc3)[nH]n12.O=c1ccccn1Cc1cc(=O)n2[nH]c(-c3ccccc3)nc2n1. The van der Waals surface area contributed by atoms with E-state index in [0.29, 0.717) is 99.8 Å². The molecule has 124 heavy (non-hydrogen) atoms. The molecule has 0 atom stereocenters. The minimum Gasteiger partial charge on any atom is -0.487 e. The van der Waals surface area contributed by atoms with Gasteiger partial charge in [-0.1, -0.05) is 189 Å². The van der Waals surface area contributed by atoms with Gasteiger partial charge in [0, 0.05) is 115 Å². The van der Waals surface area contributed by atoms with Crippen molar-refractivity contribution < 1.29 is 18.9 Å². The summed E-state index contributed by atoms with van der Waals surface area (Å²) >= 11 is 0. The Morgan fingerprint density at radius 3 is 1.02 bits per heavy atom. The quantitative estimate of drug-likeness (QED) is 0.0473. The topological polar surface area (TPSA) is 394 Å². The van der Waals surface area contributed by atoms with E-state index in [9.17, 15) is 28.8 Å². The second kappa shape index (κ2) is 38.5. The monoisotopic (exact) mass is 1660 g/mol. The fourth-order valence-electron chi connectivity index (χ4n) is 13.6. The summed E-state index contributed by atoms with van der Waals surface area (Å²) in [5.41, 5.74) is 7.06. The molecule has 2 saturated heterocycles. The van der Waals surface area contributed by atoms with E-state index in [1.807, 2.05) is 195 Å². The van der Waals surface area contributed by atoms with Gasteiger partial charge in [0.1, 0.15) is 19.0 Å². The molecule has 0 bridgehead atoms. The number of allylic oxidation sites excluding steroid dienone is 1. The van der Waals surface area contributed by atoms with E-state index in [0.717, 1.165) is 91.1 Å². The highest BCUT2D eigenvalue weighted by atomic mass is 16.5. The fourth-order valence-corrected chi connectivity index (χ4v) is 13.6. The minimum atomic E-state index is -0.270. The highest BCUT2D eigenvalue weighted by Crippen LogP contribution is 2.23. The molecule has 12 aromatic heterocycles. The maximum Gasteiger partial charge on any atom is 0.274 e. The lowest BCUT2D eigenvalue weighted by molar-refractivity contribution is 0.000741. The van der Waals surface area contributed by atoms with Crippen molar-refractivity contribution in [1.29, 1.82) is 0 Å². The second-order valence-electron chi connectivity index (χ2n) is 29.1. The standard InChI is InChI=1S/C20H23N5O2.C18H21N5O2.C18H14N4O2.2C17H13N5O2/c1-14(2)24-10-8-17(9-11-24)27-13-16-12-18(26)25-20(21-16)22-19(23-25)15-6-4-3-5-7-15;1-22-9-7-15(8-10-22)25-12-14-11-16(24)23-18(19-14)20-17(21-23)13-5-3-2-4-6-13;23-16-11-14(12-24-15-9-5-2-6-10-15)19-18-20-17(21-22(16)18)13-7-3-1-4-8-13;23-14-8-4-5-9-21(14)11-13-10-15(24)22-17(18-13)19-16(20-22)12-6-2-1-3-7-12;23-15-10-13(11-24-14-8-4-5-9-18-14)19-17-20-16(21-22(15)17)12-6-2-1-3-7-12/h3-7,12,17H,1,8-11,13H2,2H3,(H,21,22,23);2-6,11,15H,7-10,12H2,1H3,(H,19,20,21);1-11H,12H2,(H,19,20,21);1-10H,11H2,(H,18,19,20);1-10H,11H2,(H,19,20,21). The van der Waals surface area contributed by atoms with Crippen molar-refractivity contribution in [3.63, 3.8) is 0 Å². The third kappa shape index (κ3) is 20.5. The summed E-state index contributed by atoms with van der Waals surface area (Å²) < 4.78 is 31.2. The number of ether oxygens (including phenoxy) is 4. The summed E-state index contributed by atoms with van der Waals surface area (Å²) in [5.74, 6) is 5.83. The van der Waals surface area contributed by atoms with E-state index in [2.05, 4.69) is 104 Å². The number of piperidine rings is 2. The summed E-state index contributed by atoms with van der Waals surface area (Å²) in [6, 6.07) is 74.9. The Balaban J connectivity index is 0.000000115. The summed E-state index contributed by atoms with van der Waals surface area (Å²) in [4.78, 5) is 126. The first kappa shape index (κ1) is 81.9. The van der Waals surface area contributed by atoms with Crippen LogP contribution in [0.5, 0.6) is 11.6 Å². The number of hydrogen-bond acceptors (Lipinski definition) is 23. The largest absolute Gasteiger partial charge is 0.487 e. The van der Waals surface area contributed by atoms with Crippen molar-refractivity contribution in [3.05, 3.63) is 364 Å². The number of hydrogen-bond donors (Lipinski definition) is 5. The van der Waals surface area contributed by atoms with Gasteiger partial charge in [0.25, 0.3) is 62.2 Å². The molecule has 18 aromatic rings. The van der Waals surface area contributed by atoms with Crippen LogP contribution < -0.4 is 42.8 Å². The zero-order chi connectivity index (χ0) is 85.3. The lowest BCUT2D eigenvalue weighted by Crippen LogP contribution is -2.35. The molecule has 0 saturated carbocycles. The molecular weight excluding hydrogens is 1580 g/mol. The highest BCUT2D eigenvalue weighted by molar-refractivity contribution is 5.60. The van der Waals surface area contributed by atoms with Crippen LogP contribution in [-0.4, -0.2) is 163 Å². The maximum atomic E-state index is 12.4. The van der Waals surface area contributed by atoms with Crippen molar-refractivity contribution in [2.24, 2.45) is 0 Å². The van der Waals surface area contributed by atoms with Gasteiger partial charge in [-0.2, -0.15) is 47.5 Å². The number of aromatic nitrogens is 22. The van der Waals surface area contributed by atoms with Crippen LogP contribution in [0.25, 0.3) is 85.8 Å². The number of nitrogens with one attached hydrogen (secondary N) is 5. The first-order valence-electron chi connectivity index (χ1n) is 40.0. The highest BCUT2D eigenvalue weighted by Gasteiger charge is 2.23. The zero-order valence-corrected chi connectivity index (χ0v) is 67.5. The number of rotatable bonds is 20. The molecule has 6 aromatic carbocycles. The molecular formula is C90H84N24O10. The van der Waals surface area contributed by atoms with Gasteiger partial charge in [0.05, 0.1) is 60.4 Å². The Labute approximate surface area is 705 Å². The molecule has 34 nitrogen and oxygen atoms in total. The Bertz CT molecular complexity index is 6870. The number of para-hydroxylation sites is 1. The molecule has 34 heteroatoms. The zero-order valence-electron chi connectivity index (χ0n) is 67.5. The second-order valence-corrected chi connectivity index (χ2v) is 29.1. The van der Waals surface area contributed by atoms with Crippen molar-refractivity contribution in [2.75, 3.05) is 33.2 Å². The average molecular weight is 1660 g/mol. The van der Waals surface area contributed by atoms with Crippen LogP contribution in [-0.2, 0) is 42.4 Å². The minimum absolute atomic E-state index is 0.147. The molecule has 0 spiro atoms. The van der Waals surface area contributed by atoms with Gasteiger partial charge in [0.15, 0.2) is 29.1 Å². The molecule has 624 valence electrons. The molecule has 0 unspecified atom stereocenters. The molecule has 2 fully saturated rings. The Hall–Kier alpha value is -15.8. The normalized spacial score (nSPS) is 13.0. The van der Waals surface area contributed by atoms with Gasteiger partial charge in [-0.3, -0.25) is 54.3 Å². The van der Waals surface area contributed by atoms with E-state index < -0.39 is 0 Å². The predicted molar refractivity (Wildman–Crippen MR) is 464 cm³/mol. The summed E-state index contributed by atoms with van der Waals surface area (Å²) in [6.45, 7) is 11.2. The summed E-state index contributed by atoms with van der Waals surface area (Å²) in [6.07, 6.45) is 7.64. The van der Waals surface area contributed by atoms with Crippen LogP contribution in [0.15, 0.2) is 302 Å². The van der Waals surface area contributed by atoms with E-state index in [-0.39, 0.29) is 71.1 Å². The Morgan fingerprint density at radius 2 is 0.669 bits per heavy atom. The lowest BCUT2D eigenvalue weighted by Gasteiger charge is -2.33. The van der Waals surface area contributed by atoms with Crippen molar-refractivity contribution in [2.45, 2.75) is 77.8 Å².